The lowest BCUT2D eigenvalue weighted by molar-refractivity contribution is -0.0228. The van der Waals surface area contributed by atoms with E-state index in [2.05, 4.69) is 26.2 Å². The fourth-order valence-electron chi connectivity index (χ4n) is 2.32. The Bertz CT molecular complexity index is 643. The molecule has 4 nitrogen and oxygen atoms in total. The number of thiophene rings is 1. The summed E-state index contributed by atoms with van der Waals surface area (Å²) >= 11 is 3.11. The largest absolute Gasteiger partial charge is 0.367 e. The van der Waals surface area contributed by atoms with Gasteiger partial charge in [0.1, 0.15) is 11.1 Å². The van der Waals surface area contributed by atoms with Gasteiger partial charge in [-0.15, -0.1) is 22.7 Å². The van der Waals surface area contributed by atoms with Gasteiger partial charge in [-0.2, -0.15) is 0 Å². The second kappa shape index (κ2) is 6.10. The van der Waals surface area contributed by atoms with Crippen LogP contribution in [0.5, 0.6) is 0 Å². The minimum absolute atomic E-state index is 0.0376. The second-order valence-electron chi connectivity index (χ2n) is 6.41. The molecule has 22 heavy (non-hydrogen) atoms. The summed E-state index contributed by atoms with van der Waals surface area (Å²) in [6.07, 6.45) is -0.112. The average Bonchev–Trinajstić information content (AvgIpc) is 3.17. The van der Waals surface area contributed by atoms with Crippen LogP contribution >= 0.6 is 22.7 Å². The zero-order valence-electron chi connectivity index (χ0n) is 13.0. The number of thiazole rings is 1. The Labute approximate surface area is 138 Å². The monoisotopic (exact) mass is 336 g/mol. The molecule has 0 N–H and O–H groups in total. The van der Waals surface area contributed by atoms with Crippen LogP contribution in [0.1, 0.15) is 47.2 Å². The van der Waals surface area contributed by atoms with Gasteiger partial charge in [-0.25, -0.2) is 4.98 Å². The summed E-state index contributed by atoms with van der Waals surface area (Å²) in [5, 5.41) is 4.99. The first-order valence-corrected chi connectivity index (χ1v) is 9.11. The molecule has 6 heteroatoms. The molecule has 0 bridgehead atoms. The number of hydrogen-bond acceptors (Lipinski definition) is 5. The minimum Gasteiger partial charge on any atom is -0.367 e. The van der Waals surface area contributed by atoms with E-state index in [0.717, 1.165) is 15.6 Å². The van der Waals surface area contributed by atoms with Crippen LogP contribution in [0.4, 0.5) is 0 Å². The van der Waals surface area contributed by atoms with E-state index in [4.69, 9.17) is 9.72 Å². The highest BCUT2D eigenvalue weighted by Gasteiger charge is 2.29. The summed E-state index contributed by atoms with van der Waals surface area (Å²) in [6, 6.07) is 3.78. The van der Waals surface area contributed by atoms with Crippen LogP contribution in [-0.4, -0.2) is 35.5 Å². The van der Waals surface area contributed by atoms with Gasteiger partial charge in [0.25, 0.3) is 5.91 Å². The number of carbonyl (C=O) groups is 1. The number of amides is 1. The Morgan fingerprint density at radius 1 is 1.41 bits per heavy atom. The number of carbonyl (C=O) groups excluding carboxylic acids is 1. The van der Waals surface area contributed by atoms with E-state index < -0.39 is 0 Å². The van der Waals surface area contributed by atoms with Crippen molar-refractivity contribution in [2.75, 3.05) is 19.7 Å². The van der Waals surface area contributed by atoms with Gasteiger partial charge in [0.05, 0.1) is 23.7 Å². The van der Waals surface area contributed by atoms with Crippen LogP contribution in [-0.2, 0) is 10.2 Å². The molecule has 1 atom stereocenters. The third-order valence-electron chi connectivity index (χ3n) is 3.65. The smallest absolute Gasteiger partial charge is 0.264 e. The Kier molecular flexibility index (Phi) is 4.34. The predicted octanol–water partition coefficient (Wildman–Crippen LogP) is 3.72. The van der Waals surface area contributed by atoms with Crippen molar-refractivity contribution in [3.05, 3.63) is 38.5 Å². The van der Waals surface area contributed by atoms with Crippen LogP contribution in [0.25, 0.3) is 0 Å². The fourth-order valence-corrected chi connectivity index (χ4v) is 4.09. The first-order chi connectivity index (χ1) is 10.4. The summed E-state index contributed by atoms with van der Waals surface area (Å²) in [4.78, 5) is 19.8. The summed E-state index contributed by atoms with van der Waals surface area (Å²) in [5.74, 6) is 0.0934. The molecule has 0 aromatic carbocycles. The van der Waals surface area contributed by atoms with E-state index in [-0.39, 0.29) is 17.4 Å². The third kappa shape index (κ3) is 3.24. The SMILES string of the molecule is CC(C)(C)c1csc([C@H]2CN(C(=O)c3cccs3)CCO2)n1. The Morgan fingerprint density at radius 2 is 2.23 bits per heavy atom. The summed E-state index contributed by atoms with van der Waals surface area (Å²) in [6.45, 7) is 8.24. The van der Waals surface area contributed by atoms with Crippen molar-refractivity contribution >= 4 is 28.6 Å². The van der Waals surface area contributed by atoms with Crippen LogP contribution < -0.4 is 0 Å². The van der Waals surface area contributed by atoms with Gasteiger partial charge >= 0.3 is 0 Å². The highest BCUT2D eigenvalue weighted by molar-refractivity contribution is 7.12. The van der Waals surface area contributed by atoms with Crippen LogP contribution in [0.15, 0.2) is 22.9 Å². The number of nitrogens with zero attached hydrogens (tertiary/aromatic N) is 2. The van der Waals surface area contributed by atoms with Crippen molar-refractivity contribution in [3.8, 4) is 0 Å². The fraction of sp³-hybridized carbons (Fsp3) is 0.500. The molecule has 2 aromatic rings. The van der Waals surface area contributed by atoms with Crippen LogP contribution in [0.3, 0.4) is 0 Å². The molecule has 3 rings (SSSR count). The lowest BCUT2D eigenvalue weighted by Gasteiger charge is -2.31. The average molecular weight is 336 g/mol. The summed E-state index contributed by atoms with van der Waals surface area (Å²) < 4.78 is 5.85. The van der Waals surface area contributed by atoms with E-state index in [1.54, 1.807) is 11.3 Å². The van der Waals surface area contributed by atoms with Crippen molar-refractivity contribution in [1.29, 1.82) is 0 Å². The molecule has 1 aliphatic heterocycles. The van der Waals surface area contributed by atoms with Crippen molar-refractivity contribution in [3.63, 3.8) is 0 Å². The first-order valence-electron chi connectivity index (χ1n) is 7.35. The van der Waals surface area contributed by atoms with Gasteiger partial charge in [-0.3, -0.25) is 4.79 Å². The van der Waals surface area contributed by atoms with Gasteiger partial charge in [-0.05, 0) is 11.4 Å². The van der Waals surface area contributed by atoms with Crippen molar-refractivity contribution < 1.29 is 9.53 Å². The number of morpholine rings is 1. The number of aromatic nitrogens is 1. The normalized spacial score (nSPS) is 19.4. The highest BCUT2D eigenvalue weighted by Crippen LogP contribution is 2.30. The molecule has 0 radical (unpaired) electrons. The molecule has 3 heterocycles. The Morgan fingerprint density at radius 3 is 2.86 bits per heavy atom. The minimum atomic E-state index is -0.112. The van der Waals surface area contributed by atoms with Crippen molar-refractivity contribution in [2.45, 2.75) is 32.3 Å². The molecular weight excluding hydrogens is 316 g/mol. The zero-order chi connectivity index (χ0) is 15.7. The van der Waals surface area contributed by atoms with Crippen LogP contribution in [0, 0.1) is 0 Å². The molecule has 0 saturated carbocycles. The van der Waals surface area contributed by atoms with Crippen LogP contribution in [0.2, 0.25) is 0 Å². The van der Waals surface area contributed by atoms with E-state index >= 15 is 0 Å². The highest BCUT2D eigenvalue weighted by atomic mass is 32.1. The number of rotatable bonds is 2. The van der Waals surface area contributed by atoms with E-state index in [0.29, 0.717) is 19.7 Å². The quantitative estimate of drug-likeness (QED) is 0.839. The maximum Gasteiger partial charge on any atom is 0.264 e. The van der Waals surface area contributed by atoms with Gasteiger partial charge in [-0.1, -0.05) is 26.8 Å². The number of ether oxygens (including phenoxy) is 1. The van der Waals surface area contributed by atoms with E-state index in [1.807, 2.05) is 22.4 Å². The predicted molar refractivity (Wildman–Crippen MR) is 89.7 cm³/mol. The lowest BCUT2D eigenvalue weighted by Crippen LogP contribution is -2.42. The van der Waals surface area contributed by atoms with E-state index in [9.17, 15) is 4.79 Å². The first kappa shape index (κ1) is 15.6. The molecule has 0 aliphatic carbocycles. The summed E-state index contributed by atoms with van der Waals surface area (Å²) in [7, 11) is 0. The Hall–Kier alpha value is -1.24. The zero-order valence-corrected chi connectivity index (χ0v) is 14.7. The molecule has 0 unspecified atom stereocenters. The molecule has 2 aromatic heterocycles. The van der Waals surface area contributed by atoms with Gasteiger partial charge < -0.3 is 9.64 Å². The third-order valence-corrected chi connectivity index (χ3v) is 5.45. The summed E-state index contributed by atoms with van der Waals surface area (Å²) in [5.41, 5.74) is 1.12. The van der Waals surface area contributed by atoms with Gasteiger partial charge in [0, 0.05) is 17.3 Å². The molecule has 118 valence electrons. The van der Waals surface area contributed by atoms with Gasteiger partial charge in [0.2, 0.25) is 0 Å². The number of hydrogen-bond donors (Lipinski definition) is 0. The Balaban J connectivity index is 1.73. The maximum atomic E-state index is 12.5. The molecule has 1 aliphatic rings. The maximum absolute atomic E-state index is 12.5. The van der Waals surface area contributed by atoms with Gasteiger partial charge in [0.15, 0.2) is 0 Å². The van der Waals surface area contributed by atoms with Crippen molar-refractivity contribution in [2.24, 2.45) is 0 Å². The van der Waals surface area contributed by atoms with Crippen molar-refractivity contribution in [1.82, 2.24) is 9.88 Å². The second-order valence-corrected chi connectivity index (χ2v) is 8.25. The standard InChI is InChI=1S/C16H20N2O2S2/c1-16(2,3)13-10-22-14(17-13)11-9-18(6-7-20-11)15(19)12-5-4-8-21-12/h4-5,8,10-11H,6-7,9H2,1-3H3/t11-/m1/s1. The molecule has 0 spiro atoms. The topological polar surface area (TPSA) is 42.4 Å². The molecule has 1 amide bonds. The molecule has 1 saturated heterocycles. The lowest BCUT2D eigenvalue weighted by atomic mass is 9.93. The molecule has 1 fully saturated rings. The molecular formula is C16H20N2O2S2. The van der Waals surface area contributed by atoms with E-state index in [1.165, 1.54) is 11.3 Å².